The predicted molar refractivity (Wildman–Crippen MR) is 121 cm³/mol. The highest BCUT2D eigenvalue weighted by molar-refractivity contribution is 6.36. The van der Waals surface area contributed by atoms with E-state index in [1.807, 2.05) is 43.3 Å². The molecule has 0 aliphatic carbocycles. The molecule has 1 aliphatic rings. The van der Waals surface area contributed by atoms with Crippen molar-refractivity contribution in [2.45, 2.75) is 6.92 Å². The Labute approximate surface area is 183 Å². The van der Waals surface area contributed by atoms with Gasteiger partial charge < -0.3 is 0 Å². The van der Waals surface area contributed by atoms with Crippen molar-refractivity contribution in [3.63, 3.8) is 0 Å². The summed E-state index contributed by atoms with van der Waals surface area (Å²) in [6.07, 6.45) is 1.67. The minimum Gasteiger partial charge on any atom is -0.266 e. The summed E-state index contributed by atoms with van der Waals surface area (Å²) in [6, 6.07) is 20.1. The van der Waals surface area contributed by atoms with Crippen molar-refractivity contribution in [3.8, 4) is 0 Å². The Morgan fingerprint density at radius 1 is 0.897 bits per heavy atom. The fourth-order valence-corrected chi connectivity index (χ4v) is 3.67. The number of aliphatic imine (C=N–C) groups is 1. The van der Waals surface area contributed by atoms with Crippen LogP contribution in [0, 0.1) is 6.92 Å². The first-order valence-electron chi connectivity index (χ1n) is 8.85. The van der Waals surface area contributed by atoms with Gasteiger partial charge in [-0.15, -0.1) is 0 Å². The Morgan fingerprint density at radius 2 is 1.62 bits per heavy atom. The van der Waals surface area contributed by atoms with Crippen LogP contribution in [0.25, 0.3) is 6.08 Å². The fraction of sp³-hybridized carbons (Fsp3) is 0.0435. The van der Waals surface area contributed by atoms with E-state index in [2.05, 4.69) is 4.99 Å². The first-order chi connectivity index (χ1) is 13.9. The van der Waals surface area contributed by atoms with Crippen molar-refractivity contribution in [1.29, 1.82) is 0 Å². The summed E-state index contributed by atoms with van der Waals surface area (Å²) in [4.78, 5) is 19.5. The normalized spacial score (nSPS) is 15.2. The second kappa shape index (κ2) is 8.03. The monoisotopic (exact) mass is 440 g/mol. The van der Waals surface area contributed by atoms with Crippen LogP contribution < -0.4 is 4.90 Å². The van der Waals surface area contributed by atoms with Crippen molar-refractivity contribution >= 4 is 58.3 Å². The maximum atomic E-state index is 13.3. The molecule has 0 spiro atoms. The smallest absolute Gasteiger partial charge is 0.266 e. The van der Waals surface area contributed by atoms with E-state index in [9.17, 15) is 4.79 Å². The number of nitrogens with zero attached hydrogens (tertiary/aromatic N) is 2. The number of rotatable bonds is 3. The topological polar surface area (TPSA) is 32.7 Å². The Kier molecular flexibility index (Phi) is 5.46. The van der Waals surface area contributed by atoms with Crippen LogP contribution in [0.1, 0.15) is 16.7 Å². The van der Waals surface area contributed by atoms with Gasteiger partial charge in [0.15, 0.2) is 0 Å². The number of aryl methyl sites for hydroxylation is 1. The highest BCUT2D eigenvalue weighted by Gasteiger charge is 2.32. The third-order valence-electron chi connectivity index (χ3n) is 4.48. The van der Waals surface area contributed by atoms with Gasteiger partial charge in [-0.3, -0.25) is 9.69 Å². The van der Waals surface area contributed by atoms with E-state index < -0.39 is 0 Å². The molecular weight excluding hydrogens is 427 g/mol. The van der Waals surface area contributed by atoms with E-state index in [1.165, 1.54) is 0 Å². The van der Waals surface area contributed by atoms with Gasteiger partial charge >= 0.3 is 0 Å². The van der Waals surface area contributed by atoms with Crippen LogP contribution in [0.2, 0.25) is 15.1 Å². The molecule has 0 fully saturated rings. The van der Waals surface area contributed by atoms with Crippen molar-refractivity contribution in [2.24, 2.45) is 4.99 Å². The first-order valence-corrected chi connectivity index (χ1v) is 9.98. The van der Waals surface area contributed by atoms with Crippen molar-refractivity contribution in [2.75, 3.05) is 4.90 Å². The Hall–Kier alpha value is -2.59. The summed E-state index contributed by atoms with van der Waals surface area (Å²) in [5.74, 6) is 0.306. The van der Waals surface area contributed by atoms with Gasteiger partial charge in [0.25, 0.3) is 5.91 Å². The maximum absolute atomic E-state index is 13.3. The lowest BCUT2D eigenvalue weighted by Gasteiger charge is -2.19. The Bertz CT molecular complexity index is 1170. The van der Waals surface area contributed by atoms with Crippen molar-refractivity contribution in [3.05, 3.63) is 104 Å². The summed E-state index contributed by atoms with van der Waals surface area (Å²) >= 11 is 18.3. The average molecular weight is 442 g/mol. The van der Waals surface area contributed by atoms with E-state index >= 15 is 0 Å². The molecule has 0 saturated heterocycles. The van der Waals surface area contributed by atoms with Crippen LogP contribution >= 0.6 is 34.8 Å². The molecule has 1 amide bonds. The molecule has 1 heterocycles. The number of carbonyl (C=O) groups is 1. The summed E-state index contributed by atoms with van der Waals surface area (Å²) < 4.78 is 0. The minimum atomic E-state index is -0.230. The fourth-order valence-electron chi connectivity index (χ4n) is 3.08. The van der Waals surface area contributed by atoms with Crippen molar-refractivity contribution < 1.29 is 4.79 Å². The van der Waals surface area contributed by atoms with Gasteiger partial charge in [0.1, 0.15) is 11.5 Å². The highest BCUT2D eigenvalue weighted by atomic mass is 35.5. The quantitative estimate of drug-likeness (QED) is 0.412. The molecule has 0 N–H and O–H groups in total. The van der Waals surface area contributed by atoms with Crippen LogP contribution in [0.4, 0.5) is 5.69 Å². The second-order valence-electron chi connectivity index (χ2n) is 6.62. The standard InChI is InChI=1S/C23H15Cl3N2O/c1-14-3-2-4-19(11-14)28-22(15-5-8-17(24)9-6-15)27-21(23(28)29)12-16-7-10-18(25)13-20(16)26/h2-13H,1H3/b21-12+. The molecule has 3 aromatic carbocycles. The molecule has 3 aromatic rings. The molecule has 0 saturated carbocycles. The van der Waals surface area contributed by atoms with Gasteiger partial charge in [-0.05, 0) is 72.7 Å². The van der Waals surface area contributed by atoms with E-state index in [0.717, 1.165) is 16.8 Å². The molecule has 0 aromatic heterocycles. The Balaban J connectivity index is 1.84. The SMILES string of the molecule is Cc1cccc(N2C(=O)/C(=C\c3ccc(Cl)cc3Cl)N=C2c2ccc(Cl)cc2)c1. The number of hydrogen-bond donors (Lipinski definition) is 0. The number of halogens is 3. The number of anilines is 1. The molecule has 0 radical (unpaired) electrons. The second-order valence-corrected chi connectivity index (χ2v) is 7.90. The molecule has 1 aliphatic heterocycles. The number of amidine groups is 1. The maximum Gasteiger partial charge on any atom is 0.282 e. The molecular formula is C23H15Cl3N2O. The van der Waals surface area contributed by atoms with E-state index in [4.69, 9.17) is 34.8 Å². The lowest BCUT2D eigenvalue weighted by Crippen LogP contribution is -2.32. The predicted octanol–water partition coefficient (Wildman–Crippen LogP) is 6.79. The lowest BCUT2D eigenvalue weighted by atomic mass is 10.1. The van der Waals surface area contributed by atoms with Gasteiger partial charge in [-0.2, -0.15) is 0 Å². The van der Waals surface area contributed by atoms with Crippen LogP contribution in [-0.4, -0.2) is 11.7 Å². The minimum absolute atomic E-state index is 0.230. The molecule has 144 valence electrons. The zero-order chi connectivity index (χ0) is 20.5. The molecule has 0 unspecified atom stereocenters. The van der Waals surface area contributed by atoms with Crippen LogP contribution in [-0.2, 0) is 4.79 Å². The molecule has 0 atom stereocenters. The van der Waals surface area contributed by atoms with Crippen LogP contribution in [0.5, 0.6) is 0 Å². The molecule has 3 nitrogen and oxygen atoms in total. The Morgan fingerprint density at radius 3 is 2.31 bits per heavy atom. The lowest BCUT2D eigenvalue weighted by molar-refractivity contribution is -0.113. The van der Waals surface area contributed by atoms with Crippen molar-refractivity contribution in [1.82, 2.24) is 0 Å². The zero-order valence-electron chi connectivity index (χ0n) is 15.4. The first kappa shape index (κ1) is 19.7. The van der Waals surface area contributed by atoms with Gasteiger partial charge in [0, 0.05) is 20.6 Å². The van der Waals surface area contributed by atoms with Gasteiger partial charge in [-0.25, -0.2) is 4.99 Å². The van der Waals surface area contributed by atoms with Crippen LogP contribution in [0.15, 0.2) is 77.4 Å². The summed E-state index contributed by atoms with van der Waals surface area (Å²) in [5, 5.41) is 1.60. The number of benzene rings is 3. The largest absolute Gasteiger partial charge is 0.282 e. The zero-order valence-corrected chi connectivity index (χ0v) is 17.6. The average Bonchev–Trinajstić information content (AvgIpc) is 3.01. The summed E-state index contributed by atoms with van der Waals surface area (Å²) in [6.45, 7) is 1.98. The van der Waals surface area contributed by atoms with E-state index in [0.29, 0.717) is 32.2 Å². The molecule has 6 heteroatoms. The summed E-state index contributed by atoms with van der Waals surface area (Å²) in [7, 11) is 0. The molecule has 0 bridgehead atoms. The highest BCUT2D eigenvalue weighted by Crippen LogP contribution is 2.30. The van der Waals surface area contributed by atoms with Crippen LogP contribution in [0.3, 0.4) is 0 Å². The molecule has 4 rings (SSSR count). The molecule has 29 heavy (non-hydrogen) atoms. The number of amides is 1. The number of hydrogen-bond acceptors (Lipinski definition) is 2. The summed E-state index contributed by atoms with van der Waals surface area (Å²) in [5.41, 5.74) is 3.54. The van der Waals surface area contributed by atoms with E-state index in [1.54, 1.807) is 41.3 Å². The number of carbonyl (C=O) groups excluding carboxylic acids is 1. The third kappa shape index (κ3) is 4.08. The van der Waals surface area contributed by atoms with E-state index in [-0.39, 0.29) is 5.91 Å². The van der Waals surface area contributed by atoms with Gasteiger partial charge in [0.2, 0.25) is 0 Å². The van der Waals surface area contributed by atoms with Gasteiger partial charge in [-0.1, -0.05) is 53.0 Å². The third-order valence-corrected chi connectivity index (χ3v) is 5.29. The van der Waals surface area contributed by atoms with Gasteiger partial charge in [0.05, 0.1) is 5.69 Å².